The maximum absolute atomic E-state index is 11.2. The van der Waals surface area contributed by atoms with Gasteiger partial charge in [-0.05, 0) is 78.1 Å². The lowest BCUT2D eigenvalue weighted by molar-refractivity contribution is -0.106. The number of hydrogen-bond acceptors (Lipinski definition) is 8. The van der Waals surface area contributed by atoms with Crippen molar-refractivity contribution in [2.75, 3.05) is 14.1 Å². The Morgan fingerprint density at radius 3 is 2.23 bits per heavy atom. The lowest BCUT2D eigenvalue weighted by Gasteiger charge is -2.19. The van der Waals surface area contributed by atoms with Crippen molar-refractivity contribution in [1.82, 2.24) is 25.2 Å². The molecule has 0 spiro atoms. The van der Waals surface area contributed by atoms with Crippen LogP contribution in [0.4, 0.5) is 0 Å². The molecule has 200 valence electrons. The number of carbonyl (C=O) groups is 2. The number of pyridine rings is 3. The molecule has 0 aromatic carbocycles. The minimum Gasteiger partial charge on any atom is -0.487 e. The maximum Gasteiger partial charge on any atom is 0.166 e. The van der Waals surface area contributed by atoms with E-state index in [1.807, 2.05) is 48.4 Å². The summed E-state index contributed by atoms with van der Waals surface area (Å²) >= 11 is 0. The van der Waals surface area contributed by atoms with Crippen molar-refractivity contribution in [3.8, 4) is 5.75 Å². The summed E-state index contributed by atoms with van der Waals surface area (Å²) in [6, 6.07) is 11.3. The van der Waals surface area contributed by atoms with Gasteiger partial charge < -0.3 is 15.0 Å². The van der Waals surface area contributed by atoms with Crippen LogP contribution in [0, 0.1) is 0 Å². The fraction of sp³-hybridized carbons (Fsp3) is 0.194. The summed E-state index contributed by atoms with van der Waals surface area (Å²) in [5.41, 5.74) is 5.14. The first-order valence-electron chi connectivity index (χ1n) is 12.6. The quantitative estimate of drug-likeness (QED) is 0.286. The first kappa shape index (κ1) is 28.7. The molecule has 39 heavy (non-hydrogen) atoms. The van der Waals surface area contributed by atoms with Gasteiger partial charge in [-0.25, -0.2) is 0 Å². The van der Waals surface area contributed by atoms with Crippen molar-refractivity contribution in [3.05, 3.63) is 125 Å². The Morgan fingerprint density at radius 1 is 0.949 bits per heavy atom. The van der Waals surface area contributed by atoms with Crippen molar-refractivity contribution in [2.24, 2.45) is 0 Å². The molecule has 0 atom stereocenters. The van der Waals surface area contributed by atoms with Crippen LogP contribution in [-0.2, 0) is 22.7 Å². The number of aldehydes is 2. The third kappa shape index (κ3) is 10.2. The minimum absolute atomic E-state index is 0.468. The standard InChI is InChI=1S/C16H18N2O.C15H15N3O2/c1-18(12-15-7-9-17-10-8-15)16(13-19)11-14-5-3-2-4-6-14;1-16-14(10-19)8-13-2-3-15(9-18-13)20-11-12-4-6-17-7-5-12/h3,5-11,13H,2,4,12H2,1H3;2-10,16H,11H2,1H3/b16-11-;14-8-. The van der Waals surface area contributed by atoms with Crippen LogP contribution in [0.1, 0.15) is 29.7 Å². The Hall–Kier alpha value is -4.85. The summed E-state index contributed by atoms with van der Waals surface area (Å²) in [6.07, 6.45) is 22.3. The van der Waals surface area contributed by atoms with E-state index in [1.54, 1.807) is 50.2 Å². The number of nitrogens with zero attached hydrogens (tertiary/aromatic N) is 4. The largest absolute Gasteiger partial charge is 0.487 e. The molecule has 0 aliphatic heterocycles. The molecule has 1 aliphatic carbocycles. The molecule has 0 saturated carbocycles. The van der Waals surface area contributed by atoms with Crippen LogP contribution in [0.25, 0.3) is 6.08 Å². The smallest absolute Gasteiger partial charge is 0.166 e. The first-order chi connectivity index (χ1) is 19.1. The highest BCUT2D eigenvalue weighted by molar-refractivity contribution is 5.80. The molecule has 0 amide bonds. The Morgan fingerprint density at radius 2 is 1.67 bits per heavy atom. The van der Waals surface area contributed by atoms with Gasteiger partial charge in [0, 0.05) is 45.4 Å². The van der Waals surface area contributed by atoms with Crippen molar-refractivity contribution in [1.29, 1.82) is 0 Å². The fourth-order valence-corrected chi connectivity index (χ4v) is 3.53. The molecule has 0 radical (unpaired) electrons. The Labute approximate surface area is 229 Å². The third-order valence-corrected chi connectivity index (χ3v) is 5.70. The zero-order valence-electron chi connectivity index (χ0n) is 22.2. The van der Waals surface area contributed by atoms with Gasteiger partial charge in [-0.2, -0.15) is 0 Å². The average molecular weight is 524 g/mol. The monoisotopic (exact) mass is 523 g/mol. The fourth-order valence-electron chi connectivity index (χ4n) is 3.53. The molecule has 0 unspecified atom stereocenters. The summed E-state index contributed by atoms with van der Waals surface area (Å²) in [5, 5.41) is 2.78. The number of hydrogen-bond donors (Lipinski definition) is 1. The SMILES string of the molecule is CN(Cc1ccncc1)/C(C=O)=C\C1=CCCC=C1.CN/C(C=O)=C\c1ccc(OCc2ccncc2)cn1. The van der Waals surface area contributed by atoms with Gasteiger partial charge in [-0.15, -0.1) is 0 Å². The summed E-state index contributed by atoms with van der Waals surface area (Å²) in [4.78, 5) is 36.0. The van der Waals surface area contributed by atoms with Gasteiger partial charge in [-0.3, -0.25) is 24.5 Å². The highest BCUT2D eigenvalue weighted by Gasteiger charge is 2.06. The van der Waals surface area contributed by atoms with Crippen LogP contribution < -0.4 is 10.1 Å². The van der Waals surface area contributed by atoms with E-state index in [9.17, 15) is 9.59 Å². The summed E-state index contributed by atoms with van der Waals surface area (Å²) in [5.74, 6) is 0.677. The van der Waals surface area contributed by atoms with Crippen LogP contribution in [0.2, 0.25) is 0 Å². The number of likely N-dealkylation sites (N-methyl/N-ethyl adjacent to an activating group) is 2. The van der Waals surface area contributed by atoms with Gasteiger partial charge >= 0.3 is 0 Å². The molecule has 3 aromatic heterocycles. The summed E-state index contributed by atoms with van der Waals surface area (Å²) < 4.78 is 5.61. The van der Waals surface area contributed by atoms with Gasteiger partial charge in [0.2, 0.25) is 0 Å². The van der Waals surface area contributed by atoms with Crippen molar-refractivity contribution in [3.63, 3.8) is 0 Å². The predicted molar refractivity (Wildman–Crippen MR) is 152 cm³/mol. The van der Waals surface area contributed by atoms with E-state index in [1.165, 1.54) is 0 Å². The van der Waals surface area contributed by atoms with Gasteiger partial charge in [0.25, 0.3) is 0 Å². The zero-order chi connectivity index (χ0) is 27.7. The normalized spacial score (nSPS) is 12.9. The van der Waals surface area contributed by atoms with Crippen LogP contribution in [0.3, 0.4) is 0 Å². The molecule has 8 nitrogen and oxygen atoms in total. The molecule has 3 aromatic rings. The molecule has 0 saturated heterocycles. The molecule has 0 bridgehead atoms. The molecule has 8 heteroatoms. The van der Waals surface area contributed by atoms with Crippen LogP contribution in [0.15, 0.2) is 109 Å². The van der Waals surface area contributed by atoms with Crippen molar-refractivity contribution < 1.29 is 14.3 Å². The minimum atomic E-state index is 0.468. The van der Waals surface area contributed by atoms with Crippen LogP contribution >= 0.6 is 0 Å². The molecule has 1 aliphatic rings. The summed E-state index contributed by atoms with van der Waals surface area (Å²) in [6.45, 7) is 1.17. The Bertz CT molecular complexity index is 1300. The van der Waals surface area contributed by atoms with E-state index in [0.29, 0.717) is 36.0 Å². The maximum atomic E-state index is 11.2. The highest BCUT2D eigenvalue weighted by atomic mass is 16.5. The van der Waals surface area contributed by atoms with Gasteiger partial charge in [0.15, 0.2) is 12.6 Å². The second kappa shape index (κ2) is 16.1. The van der Waals surface area contributed by atoms with E-state index in [4.69, 9.17) is 4.74 Å². The number of carbonyl (C=O) groups excluding carboxylic acids is 2. The van der Waals surface area contributed by atoms with Gasteiger partial charge in [0.1, 0.15) is 12.4 Å². The lowest BCUT2D eigenvalue weighted by Crippen LogP contribution is -2.18. The number of allylic oxidation sites excluding steroid dienone is 7. The molecule has 0 fully saturated rings. The van der Waals surface area contributed by atoms with Crippen molar-refractivity contribution in [2.45, 2.75) is 26.0 Å². The highest BCUT2D eigenvalue weighted by Crippen LogP contribution is 2.15. The lowest BCUT2D eigenvalue weighted by atomic mass is 10.1. The third-order valence-electron chi connectivity index (χ3n) is 5.70. The molecule has 4 rings (SSSR count). The van der Waals surface area contributed by atoms with Crippen LogP contribution in [0.5, 0.6) is 5.75 Å². The number of ether oxygens (including phenoxy) is 1. The molecular weight excluding hydrogens is 490 g/mol. The molecule has 3 heterocycles. The van der Waals surface area contributed by atoms with Gasteiger partial charge in [-0.1, -0.05) is 18.2 Å². The zero-order valence-corrected chi connectivity index (χ0v) is 22.2. The van der Waals surface area contributed by atoms with E-state index < -0.39 is 0 Å². The van der Waals surface area contributed by atoms with E-state index in [-0.39, 0.29) is 0 Å². The number of nitrogens with one attached hydrogen (secondary N) is 1. The van der Waals surface area contributed by atoms with E-state index >= 15 is 0 Å². The Kier molecular flexibility index (Phi) is 11.8. The second-order valence-corrected chi connectivity index (χ2v) is 8.61. The first-order valence-corrected chi connectivity index (χ1v) is 12.6. The van der Waals surface area contributed by atoms with Crippen LogP contribution in [-0.4, -0.2) is 46.5 Å². The van der Waals surface area contributed by atoms with E-state index in [2.05, 4.69) is 38.5 Å². The molecule has 1 N–H and O–H groups in total. The topological polar surface area (TPSA) is 97.3 Å². The van der Waals surface area contributed by atoms with Gasteiger partial charge in [0.05, 0.1) is 23.3 Å². The van der Waals surface area contributed by atoms with E-state index in [0.717, 1.165) is 42.1 Å². The average Bonchev–Trinajstić information content (AvgIpc) is 3.00. The summed E-state index contributed by atoms with van der Waals surface area (Å²) in [7, 11) is 3.61. The predicted octanol–water partition coefficient (Wildman–Crippen LogP) is 4.69. The van der Waals surface area contributed by atoms with Crippen molar-refractivity contribution >= 4 is 18.6 Å². The number of aromatic nitrogens is 3. The Balaban J connectivity index is 0.000000216. The number of rotatable bonds is 11. The molecular formula is C31H33N5O3. The second-order valence-electron chi connectivity index (χ2n) is 8.61.